The summed E-state index contributed by atoms with van der Waals surface area (Å²) in [6.45, 7) is 2.15. The molecule has 6 nitrogen and oxygen atoms in total. The fraction of sp³-hybridized carbons (Fsp3) is 0.833. The first-order valence-corrected chi connectivity index (χ1v) is 5.71. The number of hydrogen-bond acceptors (Lipinski definition) is 4. The van der Waals surface area contributed by atoms with Gasteiger partial charge in [0.1, 0.15) is 6.16 Å². The number of hydrogen-bond donors (Lipinski definition) is 3. The van der Waals surface area contributed by atoms with Gasteiger partial charge in [0, 0.05) is 0 Å². The second kappa shape index (κ2) is 5.96. The van der Waals surface area contributed by atoms with E-state index in [1.165, 1.54) is 0 Å². The van der Waals surface area contributed by atoms with E-state index >= 15 is 0 Å². The van der Waals surface area contributed by atoms with Gasteiger partial charge in [-0.05, 0) is 6.42 Å². The Labute approximate surface area is 76.9 Å². The number of unbranched alkanes of at least 4 members (excludes halogenated alkanes) is 1. The standard InChI is InChI=1S/C6H15N2O4P/c1-2-3-4-12-13(10,11)5-6(7)8-9/h9H,2-5H2,1H3,(H2,7,8)(H,10,11). The van der Waals surface area contributed by atoms with E-state index in [9.17, 15) is 4.57 Å². The number of nitrogens with zero attached hydrogens (tertiary/aromatic N) is 1. The average Bonchev–Trinajstić information content (AvgIpc) is 2.03. The smallest absolute Gasteiger partial charge is 0.335 e. The summed E-state index contributed by atoms with van der Waals surface area (Å²) in [7, 11) is -3.71. The van der Waals surface area contributed by atoms with Crippen molar-refractivity contribution in [1.29, 1.82) is 0 Å². The van der Waals surface area contributed by atoms with E-state index in [1.54, 1.807) is 0 Å². The lowest BCUT2D eigenvalue weighted by molar-refractivity contribution is 0.257. The maximum absolute atomic E-state index is 11.1. The molecule has 4 N–H and O–H groups in total. The first kappa shape index (κ1) is 12.4. The third kappa shape index (κ3) is 6.57. The summed E-state index contributed by atoms with van der Waals surface area (Å²) in [4.78, 5) is 9.10. The van der Waals surface area contributed by atoms with Crippen LogP contribution in [0.1, 0.15) is 19.8 Å². The SMILES string of the molecule is CCCCOP(=O)(O)CC(N)=NO. The van der Waals surface area contributed by atoms with E-state index in [-0.39, 0.29) is 12.4 Å². The second-order valence-electron chi connectivity index (χ2n) is 2.57. The van der Waals surface area contributed by atoms with Crippen LogP contribution in [0.4, 0.5) is 0 Å². The minimum atomic E-state index is -3.71. The van der Waals surface area contributed by atoms with E-state index in [0.29, 0.717) is 6.42 Å². The van der Waals surface area contributed by atoms with Crippen LogP contribution >= 0.6 is 7.60 Å². The predicted octanol–water partition coefficient (Wildman–Crippen LogP) is 0.735. The molecule has 0 radical (unpaired) electrons. The minimum absolute atomic E-state index is 0.211. The molecule has 0 aliphatic heterocycles. The van der Waals surface area contributed by atoms with Crippen molar-refractivity contribution in [3.05, 3.63) is 0 Å². The van der Waals surface area contributed by atoms with Gasteiger partial charge in [0.2, 0.25) is 0 Å². The van der Waals surface area contributed by atoms with E-state index < -0.39 is 13.8 Å². The van der Waals surface area contributed by atoms with E-state index in [2.05, 4.69) is 9.68 Å². The first-order valence-electron chi connectivity index (χ1n) is 3.94. The Morgan fingerprint density at radius 1 is 1.69 bits per heavy atom. The molecule has 0 amide bonds. The number of nitrogens with two attached hydrogens (primary N) is 1. The largest absolute Gasteiger partial charge is 0.409 e. The summed E-state index contributed by atoms with van der Waals surface area (Å²) >= 11 is 0. The molecule has 0 saturated heterocycles. The van der Waals surface area contributed by atoms with Crippen LogP contribution in [0.3, 0.4) is 0 Å². The van der Waals surface area contributed by atoms with Crippen LogP contribution in [0.5, 0.6) is 0 Å². The molecular weight excluding hydrogens is 195 g/mol. The second-order valence-corrected chi connectivity index (χ2v) is 4.42. The average molecular weight is 210 g/mol. The van der Waals surface area contributed by atoms with Gasteiger partial charge in [0.25, 0.3) is 0 Å². The molecule has 1 atom stereocenters. The highest BCUT2D eigenvalue weighted by Crippen LogP contribution is 2.41. The molecule has 0 aromatic heterocycles. The number of rotatable bonds is 6. The lowest BCUT2D eigenvalue weighted by atomic mass is 10.4. The zero-order chi connectivity index (χ0) is 10.3. The van der Waals surface area contributed by atoms with Gasteiger partial charge in [0.05, 0.1) is 6.61 Å². The molecule has 0 aromatic carbocycles. The molecular formula is C6H15N2O4P. The van der Waals surface area contributed by atoms with Gasteiger partial charge >= 0.3 is 7.60 Å². The monoisotopic (exact) mass is 210 g/mol. The van der Waals surface area contributed by atoms with Gasteiger partial charge in [-0.15, -0.1) is 0 Å². The third-order valence-corrected chi connectivity index (χ3v) is 2.59. The van der Waals surface area contributed by atoms with Crippen molar-refractivity contribution < 1.29 is 19.2 Å². The van der Waals surface area contributed by atoms with Crippen LogP contribution in [0, 0.1) is 0 Å². The highest BCUT2D eigenvalue weighted by molar-refractivity contribution is 7.53. The molecule has 0 rings (SSSR count). The van der Waals surface area contributed by atoms with Gasteiger partial charge < -0.3 is 20.4 Å². The van der Waals surface area contributed by atoms with Crippen molar-refractivity contribution in [2.45, 2.75) is 19.8 Å². The zero-order valence-electron chi connectivity index (χ0n) is 7.51. The summed E-state index contributed by atoms with van der Waals surface area (Å²) in [5.41, 5.74) is 5.05. The predicted molar refractivity (Wildman–Crippen MR) is 49.0 cm³/mol. The number of oxime groups is 1. The Balaban J connectivity index is 3.87. The maximum atomic E-state index is 11.1. The molecule has 1 unspecified atom stereocenters. The van der Waals surface area contributed by atoms with Crippen molar-refractivity contribution >= 4 is 13.4 Å². The van der Waals surface area contributed by atoms with Gasteiger partial charge in [-0.3, -0.25) is 4.57 Å². The topological polar surface area (TPSA) is 105 Å². The Bertz CT molecular complexity index is 219. The quantitative estimate of drug-likeness (QED) is 0.150. The normalized spacial score (nSPS) is 16.9. The highest BCUT2D eigenvalue weighted by atomic mass is 31.2. The van der Waals surface area contributed by atoms with E-state index in [4.69, 9.17) is 15.8 Å². The van der Waals surface area contributed by atoms with E-state index in [1.807, 2.05) is 6.92 Å². The Morgan fingerprint density at radius 2 is 2.31 bits per heavy atom. The van der Waals surface area contributed by atoms with Crippen LogP contribution in [0.15, 0.2) is 5.16 Å². The van der Waals surface area contributed by atoms with Crippen LogP contribution in [-0.4, -0.2) is 28.7 Å². The van der Waals surface area contributed by atoms with Gasteiger partial charge in [-0.2, -0.15) is 0 Å². The fourth-order valence-electron chi connectivity index (χ4n) is 0.634. The van der Waals surface area contributed by atoms with Crippen LogP contribution in [0.2, 0.25) is 0 Å². The Morgan fingerprint density at radius 3 is 2.77 bits per heavy atom. The molecule has 0 aliphatic rings. The molecule has 78 valence electrons. The molecule has 0 bridgehead atoms. The molecule has 0 aromatic rings. The molecule has 0 spiro atoms. The molecule has 0 aliphatic carbocycles. The van der Waals surface area contributed by atoms with Crippen LogP contribution in [-0.2, 0) is 9.09 Å². The lowest BCUT2D eigenvalue weighted by Crippen LogP contribution is -2.17. The van der Waals surface area contributed by atoms with Crippen molar-refractivity contribution in [2.75, 3.05) is 12.8 Å². The van der Waals surface area contributed by atoms with Crippen molar-refractivity contribution in [1.82, 2.24) is 0 Å². The maximum Gasteiger partial charge on any atom is 0.335 e. The Hall–Kier alpha value is -0.580. The van der Waals surface area contributed by atoms with Crippen LogP contribution < -0.4 is 5.73 Å². The summed E-state index contributed by atoms with van der Waals surface area (Å²) in [5.74, 6) is -0.303. The Kier molecular flexibility index (Phi) is 5.70. The summed E-state index contributed by atoms with van der Waals surface area (Å²) < 4.78 is 15.8. The van der Waals surface area contributed by atoms with Crippen molar-refractivity contribution in [2.24, 2.45) is 10.9 Å². The summed E-state index contributed by atoms with van der Waals surface area (Å²) in [6, 6.07) is 0. The summed E-state index contributed by atoms with van der Waals surface area (Å²) in [5, 5.41) is 10.7. The van der Waals surface area contributed by atoms with Gasteiger partial charge in [-0.1, -0.05) is 18.5 Å². The molecule has 0 saturated carbocycles. The van der Waals surface area contributed by atoms with E-state index in [0.717, 1.165) is 6.42 Å². The third-order valence-electron chi connectivity index (χ3n) is 1.28. The van der Waals surface area contributed by atoms with Crippen molar-refractivity contribution in [3.63, 3.8) is 0 Å². The fourth-order valence-corrected chi connectivity index (χ4v) is 1.61. The minimum Gasteiger partial charge on any atom is -0.409 e. The lowest BCUT2D eigenvalue weighted by Gasteiger charge is -2.10. The molecule has 0 heterocycles. The molecule has 13 heavy (non-hydrogen) atoms. The van der Waals surface area contributed by atoms with Gasteiger partial charge in [0.15, 0.2) is 5.84 Å². The van der Waals surface area contributed by atoms with Crippen molar-refractivity contribution in [3.8, 4) is 0 Å². The highest BCUT2D eigenvalue weighted by Gasteiger charge is 2.21. The number of amidine groups is 1. The zero-order valence-corrected chi connectivity index (χ0v) is 8.41. The summed E-state index contributed by atoms with van der Waals surface area (Å²) in [6.07, 6.45) is 1.15. The molecule has 0 fully saturated rings. The van der Waals surface area contributed by atoms with Gasteiger partial charge in [-0.25, -0.2) is 0 Å². The van der Waals surface area contributed by atoms with Crippen LogP contribution in [0.25, 0.3) is 0 Å². The first-order chi connectivity index (χ1) is 6.02. The molecule has 7 heteroatoms.